The molecule has 3 N–H and O–H groups in total. The Labute approximate surface area is 155 Å². The molecule has 1 aromatic rings. The number of para-hydroxylation sites is 1. The predicted molar refractivity (Wildman–Crippen MR) is 102 cm³/mol. The van der Waals surface area contributed by atoms with E-state index in [1.165, 1.54) is 18.9 Å². The monoisotopic (exact) mass is 359 g/mol. The molecule has 6 nitrogen and oxygen atoms in total. The molecule has 2 saturated heterocycles. The molecule has 0 radical (unpaired) electrons. The van der Waals surface area contributed by atoms with Gasteiger partial charge < -0.3 is 15.0 Å². The number of hydroxylamine groups is 1. The van der Waals surface area contributed by atoms with Crippen molar-refractivity contribution in [2.45, 2.75) is 31.7 Å². The molecule has 2 heterocycles. The minimum atomic E-state index is -0.518. The van der Waals surface area contributed by atoms with E-state index >= 15 is 0 Å². The Morgan fingerprint density at radius 2 is 1.92 bits per heavy atom. The van der Waals surface area contributed by atoms with Crippen LogP contribution in [0.25, 0.3) is 6.08 Å². The number of nitrogens with zero attached hydrogens (tertiary/aromatic N) is 1. The molecule has 0 aromatic heterocycles. The molecule has 0 bridgehead atoms. The smallest absolute Gasteiger partial charge is 0.267 e. The van der Waals surface area contributed by atoms with E-state index in [4.69, 9.17) is 9.94 Å². The minimum absolute atomic E-state index is 0.518. The van der Waals surface area contributed by atoms with Crippen LogP contribution in [0.5, 0.6) is 0 Å². The van der Waals surface area contributed by atoms with E-state index < -0.39 is 5.91 Å². The lowest BCUT2D eigenvalue weighted by Gasteiger charge is -2.35. The molecule has 0 saturated carbocycles. The van der Waals surface area contributed by atoms with Crippen molar-refractivity contribution in [1.82, 2.24) is 10.8 Å². The molecule has 0 aliphatic carbocycles. The summed E-state index contributed by atoms with van der Waals surface area (Å²) in [7, 11) is 0. The van der Waals surface area contributed by atoms with Crippen LogP contribution in [0.2, 0.25) is 0 Å². The van der Waals surface area contributed by atoms with E-state index in [9.17, 15) is 4.79 Å². The van der Waals surface area contributed by atoms with Gasteiger partial charge in [-0.05, 0) is 55.9 Å². The SMILES string of the molecule is O=C(C=Cc1ccccc1N1CCC(NCC2CCOCC2)CC1)NO. The molecule has 2 aliphatic rings. The Balaban J connectivity index is 1.51. The molecule has 26 heavy (non-hydrogen) atoms. The van der Waals surface area contributed by atoms with Crippen LogP contribution in [-0.4, -0.2) is 50.0 Å². The van der Waals surface area contributed by atoms with Crippen molar-refractivity contribution in [3.05, 3.63) is 35.9 Å². The van der Waals surface area contributed by atoms with Gasteiger partial charge in [-0.25, -0.2) is 5.48 Å². The van der Waals surface area contributed by atoms with E-state index in [1.807, 2.05) is 18.2 Å². The summed E-state index contributed by atoms with van der Waals surface area (Å²) in [6.07, 6.45) is 7.69. The van der Waals surface area contributed by atoms with Gasteiger partial charge in [0, 0.05) is 44.1 Å². The van der Waals surface area contributed by atoms with Crippen LogP contribution in [-0.2, 0) is 9.53 Å². The van der Waals surface area contributed by atoms with Gasteiger partial charge >= 0.3 is 0 Å². The van der Waals surface area contributed by atoms with Gasteiger partial charge in [-0.3, -0.25) is 10.0 Å². The lowest BCUT2D eigenvalue weighted by molar-refractivity contribution is -0.124. The number of hydrogen-bond donors (Lipinski definition) is 3. The fourth-order valence-electron chi connectivity index (χ4n) is 3.73. The highest BCUT2D eigenvalue weighted by Crippen LogP contribution is 2.25. The first-order chi connectivity index (χ1) is 12.8. The third-order valence-electron chi connectivity index (χ3n) is 5.33. The average Bonchev–Trinajstić information content (AvgIpc) is 2.72. The summed E-state index contributed by atoms with van der Waals surface area (Å²) in [5, 5.41) is 12.4. The summed E-state index contributed by atoms with van der Waals surface area (Å²) in [4.78, 5) is 13.6. The maximum atomic E-state index is 11.2. The van der Waals surface area contributed by atoms with Gasteiger partial charge in [-0.15, -0.1) is 0 Å². The van der Waals surface area contributed by atoms with Crippen molar-refractivity contribution >= 4 is 17.7 Å². The molecular weight excluding hydrogens is 330 g/mol. The van der Waals surface area contributed by atoms with Crippen LogP contribution in [0.15, 0.2) is 30.3 Å². The summed E-state index contributed by atoms with van der Waals surface area (Å²) in [6.45, 7) is 4.92. The Bertz CT molecular complexity index is 606. The van der Waals surface area contributed by atoms with E-state index in [2.05, 4.69) is 16.3 Å². The fraction of sp³-hybridized carbons (Fsp3) is 0.550. The highest BCUT2D eigenvalue weighted by molar-refractivity contribution is 5.91. The van der Waals surface area contributed by atoms with Crippen LogP contribution in [0, 0.1) is 5.92 Å². The number of nitrogens with one attached hydrogen (secondary N) is 2. The van der Waals surface area contributed by atoms with E-state index in [-0.39, 0.29) is 0 Å². The standard InChI is InChI=1S/C20H29N3O3/c24-20(22-25)6-5-17-3-1-2-4-19(17)23-11-7-18(8-12-23)21-15-16-9-13-26-14-10-16/h1-6,16,18,21,25H,7-15H2,(H,22,24). The van der Waals surface area contributed by atoms with Crippen molar-refractivity contribution < 1.29 is 14.7 Å². The molecule has 1 amide bonds. The maximum absolute atomic E-state index is 11.2. The number of anilines is 1. The van der Waals surface area contributed by atoms with Crippen LogP contribution in [0.3, 0.4) is 0 Å². The summed E-state index contributed by atoms with van der Waals surface area (Å²) in [5.41, 5.74) is 3.75. The van der Waals surface area contributed by atoms with Gasteiger partial charge in [0.25, 0.3) is 5.91 Å². The average molecular weight is 359 g/mol. The molecule has 6 heteroatoms. The third kappa shape index (κ3) is 5.30. The van der Waals surface area contributed by atoms with Crippen LogP contribution >= 0.6 is 0 Å². The Kier molecular flexibility index (Phi) is 7.05. The number of carbonyl (C=O) groups excluding carboxylic acids is 1. The molecule has 0 spiro atoms. The zero-order valence-electron chi connectivity index (χ0n) is 15.2. The number of ether oxygens (including phenoxy) is 1. The van der Waals surface area contributed by atoms with Gasteiger partial charge in [0.15, 0.2) is 0 Å². The van der Waals surface area contributed by atoms with Crippen LogP contribution in [0.4, 0.5) is 5.69 Å². The lowest BCUT2D eigenvalue weighted by atomic mass is 9.98. The summed E-state index contributed by atoms with van der Waals surface area (Å²) in [6, 6.07) is 8.64. The zero-order valence-corrected chi connectivity index (χ0v) is 15.2. The number of amides is 1. The van der Waals surface area contributed by atoms with Gasteiger partial charge in [-0.2, -0.15) is 0 Å². The Morgan fingerprint density at radius 1 is 1.19 bits per heavy atom. The molecule has 2 aliphatic heterocycles. The highest BCUT2D eigenvalue weighted by atomic mass is 16.5. The second kappa shape index (κ2) is 9.71. The highest BCUT2D eigenvalue weighted by Gasteiger charge is 2.22. The van der Waals surface area contributed by atoms with Crippen molar-refractivity contribution in [1.29, 1.82) is 0 Å². The quantitative estimate of drug-likeness (QED) is 0.412. The lowest BCUT2D eigenvalue weighted by Crippen LogP contribution is -2.44. The first kappa shape index (κ1) is 18.9. The zero-order chi connectivity index (χ0) is 18.2. The second-order valence-electron chi connectivity index (χ2n) is 7.09. The van der Waals surface area contributed by atoms with Crippen molar-refractivity contribution in [3.8, 4) is 0 Å². The predicted octanol–water partition coefficient (Wildman–Crippen LogP) is 2.19. The molecular formula is C20H29N3O3. The number of piperidine rings is 1. The summed E-state index contributed by atoms with van der Waals surface area (Å²) in [5.74, 6) is 0.237. The van der Waals surface area contributed by atoms with Gasteiger partial charge in [0.1, 0.15) is 0 Å². The van der Waals surface area contributed by atoms with E-state index in [0.29, 0.717) is 6.04 Å². The second-order valence-corrected chi connectivity index (χ2v) is 7.09. The third-order valence-corrected chi connectivity index (χ3v) is 5.33. The fourth-order valence-corrected chi connectivity index (χ4v) is 3.73. The molecule has 1 aromatic carbocycles. The van der Waals surface area contributed by atoms with Gasteiger partial charge in [0.2, 0.25) is 0 Å². The number of hydrogen-bond acceptors (Lipinski definition) is 5. The van der Waals surface area contributed by atoms with E-state index in [1.54, 1.807) is 11.6 Å². The van der Waals surface area contributed by atoms with Gasteiger partial charge in [-0.1, -0.05) is 18.2 Å². The number of benzene rings is 1. The number of carbonyl (C=O) groups is 1. The van der Waals surface area contributed by atoms with Gasteiger partial charge in [0.05, 0.1) is 0 Å². The number of rotatable bonds is 6. The maximum Gasteiger partial charge on any atom is 0.267 e. The molecule has 142 valence electrons. The normalized spacial score (nSPS) is 19.8. The van der Waals surface area contributed by atoms with Crippen molar-refractivity contribution in [2.75, 3.05) is 37.7 Å². The van der Waals surface area contributed by atoms with Crippen LogP contribution < -0.4 is 15.7 Å². The largest absolute Gasteiger partial charge is 0.381 e. The molecule has 2 fully saturated rings. The minimum Gasteiger partial charge on any atom is -0.381 e. The first-order valence-corrected chi connectivity index (χ1v) is 9.53. The Hall–Kier alpha value is -1.89. The topological polar surface area (TPSA) is 73.8 Å². The summed E-state index contributed by atoms with van der Waals surface area (Å²) >= 11 is 0. The first-order valence-electron chi connectivity index (χ1n) is 9.53. The van der Waals surface area contributed by atoms with Crippen molar-refractivity contribution in [2.24, 2.45) is 5.92 Å². The molecule has 0 atom stereocenters. The van der Waals surface area contributed by atoms with E-state index in [0.717, 1.165) is 62.9 Å². The van der Waals surface area contributed by atoms with Crippen molar-refractivity contribution in [3.63, 3.8) is 0 Å². The Morgan fingerprint density at radius 3 is 2.65 bits per heavy atom. The summed E-state index contributed by atoms with van der Waals surface area (Å²) < 4.78 is 5.43. The van der Waals surface area contributed by atoms with Crippen LogP contribution in [0.1, 0.15) is 31.2 Å². The molecule has 3 rings (SSSR count). The molecule has 0 unspecified atom stereocenters.